The number of hydrogen-bond donors (Lipinski definition) is 0. The lowest BCUT2D eigenvalue weighted by Gasteiger charge is -2.11. The first-order valence-corrected chi connectivity index (χ1v) is 9.18. The van der Waals surface area contributed by atoms with E-state index in [1.165, 1.54) is 6.07 Å². The van der Waals surface area contributed by atoms with Gasteiger partial charge in [0, 0.05) is 41.3 Å². The van der Waals surface area contributed by atoms with E-state index in [2.05, 4.69) is 20.2 Å². The van der Waals surface area contributed by atoms with Crippen LogP contribution in [0.1, 0.15) is 0 Å². The highest BCUT2D eigenvalue weighted by atomic mass is 35.5. The van der Waals surface area contributed by atoms with Gasteiger partial charge in [0.2, 0.25) is 5.43 Å². The van der Waals surface area contributed by atoms with Gasteiger partial charge in [-0.25, -0.2) is 9.36 Å². The minimum absolute atomic E-state index is 0.201. The quantitative estimate of drug-likeness (QED) is 0.461. The second kappa shape index (κ2) is 6.96. The number of rotatable bonds is 3. The molecule has 140 valence electrons. The second-order valence-electron chi connectivity index (χ2n) is 6.30. The van der Waals surface area contributed by atoms with Crippen LogP contribution < -0.4 is 5.43 Å². The molecule has 0 spiro atoms. The number of hydrogen-bond acceptors (Lipinski definition) is 5. The largest absolute Gasteiger partial charge is 0.287 e. The van der Waals surface area contributed by atoms with Gasteiger partial charge in [-0.2, -0.15) is 10.2 Å². The Hall–Kier alpha value is -3.84. The van der Waals surface area contributed by atoms with Crippen molar-refractivity contribution in [2.75, 3.05) is 0 Å². The lowest BCUT2D eigenvalue weighted by Crippen LogP contribution is -2.15. The van der Waals surface area contributed by atoms with Crippen LogP contribution in [0.4, 0.5) is 0 Å². The predicted molar refractivity (Wildman–Crippen MR) is 110 cm³/mol. The number of fused-ring (bicyclic) bond motifs is 1. The third kappa shape index (κ3) is 3.07. The highest BCUT2D eigenvalue weighted by Crippen LogP contribution is 2.26. The molecule has 0 saturated heterocycles. The normalized spacial score (nSPS) is 11.1. The molecule has 4 heterocycles. The van der Waals surface area contributed by atoms with Crippen molar-refractivity contribution < 1.29 is 0 Å². The summed E-state index contributed by atoms with van der Waals surface area (Å²) in [6.45, 7) is 0. The fourth-order valence-corrected chi connectivity index (χ4v) is 3.36. The van der Waals surface area contributed by atoms with Crippen molar-refractivity contribution in [1.82, 2.24) is 29.5 Å². The number of aromatic nitrogens is 6. The summed E-state index contributed by atoms with van der Waals surface area (Å²) in [6, 6.07) is 14.2. The maximum atomic E-state index is 12.6. The van der Waals surface area contributed by atoms with E-state index in [1.54, 1.807) is 52.5 Å². The van der Waals surface area contributed by atoms with Gasteiger partial charge in [0.05, 0.1) is 28.8 Å². The van der Waals surface area contributed by atoms with Crippen molar-refractivity contribution in [3.8, 4) is 22.8 Å². The topological polar surface area (TPSA) is 78.5 Å². The molecule has 0 fully saturated rings. The van der Waals surface area contributed by atoms with Crippen molar-refractivity contribution in [1.29, 1.82) is 0 Å². The molecule has 0 N–H and O–H groups in total. The van der Waals surface area contributed by atoms with Gasteiger partial charge < -0.3 is 0 Å². The first kappa shape index (κ1) is 17.3. The SMILES string of the molecule is O=c1ccn(-c2ccncc2)nc1-c1ccnn1-c1ccnc2ccc(Cl)cc12. The molecule has 1 aromatic carbocycles. The minimum Gasteiger partial charge on any atom is -0.287 e. The van der Waals surface area contributed by atoms with Gasteiger partial charge in [0.15, 0.2) is 5.69 Å². The molecule has 5 rings (SSSR count). The van der Waals surface area contributed by atoms with Crippen molar-refractivity contribution >= 4 is 22.5 Å². The van der Waals surface area contributed by atoms with Crippen LogP contribution in [0.5, 0.6) is 0 Å². The Morgan fingerprint density at radius 1 is 0.897 bits per heavy atom. The van der Waals surface area contributed by atoms with E-state index in [9.17, 15) is 4.79 Å². The average molecular weight is 401 g/mol. The van der Waals surface area contributed by atoms with Crippen LogP contribution in [-0.2, 0) is 0 Å². The van der Waals surface area contributed by atoms with Crippen LogP contribution in [0.3, 0.4) is 0 Å². The Bertz CT molecular complexity index is 1390. The van der Waals surface area contributed by atoms with E-state index in [0.29, 0.717) is 10.7 Å². The summed E-state index contributed by atoms with van der Waals surface area (Å²) < 4.78 is 3.32. The highest BCUT2D eigenvalue weighted by molar-refractivity contribution is 6.31. The minimum atomic E-state index is -0.201. The van der Waals surface area contributed by atoms with Gasteiger partial charge in [-0.1, -0.05) is 11.6 Å². The average Bonchev–Trinajstić information content (AvgIpc) is 3.23. The summed E-state index contributed by atoms with van der Waals surface area (Å²) in [4.78, 5) is 21.0. The lowest BCUT2D eigenvalue weighted by atomic mass is 10.2. The number of nitrogens with zero attached hydrogens (tertiary/aromatic N) is 6. The zero-order valence-electron chi connectivity index (χ0n) is 15.0. The maximum absolute atomic E-state index is 12.6. The molecule has 8 heteroatoms. The standard InChI is InChI=1S/C21H13ClN6O/c22-14-1-2-17-16(13-14)18(5-10-24-17)28-19(6-11-25-28)21-20(29)7-12-27(26-21)15-3-8-23-9-4-15/h1-13H. The van der Waals surface area contributed by atoms with Crippen LogP contribution in [0.25, 0.3) is 33.7 Å². The summed E-state index contributed by atoms with van der Waals surface area (Å²) in [5.74, 6) is 0. The lowest BCUT2D eigenvalue weighted by molar-refractivity contribution is 0.822. The fraction of sp³-hybridized carbons (Fsp3) is 0. The van der Waals surface area contributed by atoms with Gasteiger partial charge in [-0.05, 0) is 42.5 Å². The Balaban J connectivity index is 1.72. The Morgan fingerprint density at radius 2 is 1.76 bits per heavy atom. The molecule has 7 nitrogen and oxygen atoms in total. The van der Waals surface area contributed by atoms with E-state index < -0.39 is 0 Å². The summed E-state index contributed by atoms with van der Waals surface area (Å²) in [5, 5.41) is 10.4. The molecule has 0 aliphatic heterocycles. The number of pyridine rings is 2. The molecular weight excluding hydrogens is 388 g/mol. The molecule has 4 aromatic heterocycles. The van der Waals surface area contributed by atoms with Gasteiger partial charge >= 0.3 is 0 Å². The molecule has 5 aromatic rings. The number of benzene rings is 1. The molecule has 0 bridgehead atoms. The molecule has 0 aliphatic carbocycles. The predicted octanol–water partition coefficient (Wildman–Crippen LogP) is 3.68. The van der Waals surface area contributed by atoms with Crippen molar-refractivity contribution in [2.45, 2.75) is 0 Å². The smallest absolute Gasteiger partial charge is 0.209 e. The Labute approximate surface area is 169 Å². The molecule has 0 radical (unpaired) electrons. The summed E-state index contributed by atoms with van der Waals surface area (Å²) >= 11 is 6.19. The Kier molecular flexibility index (Phi) is 4.14. The van der Waals surface area contributed by atoms with Crippen molar-refractivity contribution in [2.24, 2.45) is 0 Å². The summed E-state index contributed by atoms with van der Waals surface area (Å²) in [7, 11) is 0. The van der Waals surface area contributed by atoms with E-state index in [1.807, 2.05) is 30.3 Å². The fourth-order valence-electron chi connectivity index (χ4n) is 3.19. The van der Waals surface area contributed by atoms with Gasteiger partial charge in [0.25, 0.3) is 0 Å². The van der Waals surface area contributed by atoms with Gasteiger partial charge in [0.1, 0.15) is 0 Å². The molecule has 0 amide bonds. The van der Waals surface area contributed by atoms with E-state index in [4.69, 9.17) is 11.6 Å². The zero-order valence-corrected chi connectivity index (χ0v) is 15.7. The van der Waals surface area contributed by atoms with Gasteiger partial charge in [-0.15, -0.1) is 0 Å². The molecule has 0 atom stereocenters. The number of halogens is 1. The van der Waals surface area contributed by atoms with Crippen LogP contribution >= 0.6 is 11.6 Å². The van der Waals surface area contributed by atoms with Crippen molar-refractivity contribution in [3.63, 3.8) is 0 Å². The zero-order chi connectivity index (χ0) is 19.8. The first-order chi connectivity index (χ1) is 14.2. The molecule has 29 heavy (non-hydrogen) atoms. The maximum Gasteiger partial charge on any atom is 0.209 e. The third-order valence-corrected chi connectivity index (χ3v) is 4.76. The molecule has 0 unspecified atom stereocenters. The van der Waals surface area contributed by atoms with Crippen molar-refractivity contribution in [3.05, 3.63) is 94.8 Å². The van der Waals surface area contributed by atoms with E-state index in [0.717, 1.165) is 22.3 Å². The first-order valence-electron chi connectivity index (χ1n) is 8.80. The van der Waals surface area contributed by atoms with E-state index in [-0.39, 0.29) is 11.1 Å². The molecule has 0 aliphatic rings. The second-order valence-corrected chi connectivity index (χ2v) is 6.73. The van der Waals surface area contributed by atoms with E-state index >= 15 is 0 Å². The highest BCUT2D eigenvalue weighted by Gasteiger charge is 2.15. The summed E-state index contributed by atoms with van der Waals surface area (Å²) in [5.41, 5.74) is 3.00. The molecular formula is C21H13ClN6O. The third-order valence-electron chi connectivity index (χ3n) is 4.53. The summed E-state index contributed by atoms with van der Waals surface area (Å²) in [6.07, 6.45) is 8.31. The van der Waals surface area contributed by atoms with Crippen LogP contribution in [0.2, 0.25) is 5.02 Å². The van der Waals surface area contributed by atoms with Crippen LogP contribution in [0.15, 0.2) is 84.3 Å². The van der Waals surface area contributed by atoms with Crippen LogP contribution in [0, 0.1) is 0 Å². The monoisotopic (exact) mass is 400 g/mol. The molecule has 0 saturated carbocycles. The van der Waals surface area contributed by atoms with Gasteiger partial charge in [-0.3, -0.25) is 14.8 Å². The van der Waals surface area contributed by atoms with Crippen LogP contribution in [-0.4, -0.2) is 29.5 Å². The Morgan fingerprint density at radius 3 is 2.62 bits per heavy atom.